The Kier molecular flexibility index (Phi) is 6.02. The number of amides is 1. The number of aliphatic hydroxyl groups excluding tert-OH is 1. The van der Waals surface area contributed by atoms with Gasteiger partial charge in [0.25, 0.3) is 5.91 Å². The molecule has 0 saturated carbocycles. The molecule has 20 heavy (non-hydrogen) atoms. The van der Waals surface area contributed by atoms with Crippen LogP contribution in [0.15, 0.2) is 30.3 Å². The summed E-state index contributed by atoms with van der Waals surface area (Å²) >= 11 is 0. The van der Waals surface area contributed by atoms with Crippen LogP contribution in [0.5, 0.6) is 0 Å². The van der Waals surface area contributed by atoms with E-state index in [2.05, 4.69) is 10.2 Å². The lowest BCUT2D eigenvalue weighted by molar-refractivity contribution is 0.0910. The van der Waals surface area contributed by atoms with E-state index in [9.17, 15) is 4.79 Å². The van der Waals surface area contributed by atoms with Crippen molar-refractivity contribution in [3.8, 4) is 0 Å². The number of carbonyl (C=O) groups is 1. The summed E-state index contributed by atoms with van der Waals surface area (Å²) < 4.78 is 0. The molecule has 1 heterocycles. The van der Waals surface area contributed by atoms with Crippen LogP contribution < -0.4 is 5.32 Å². The van der Waals surface area contributed by atoms with Crippen molar-refractivity contribution in [1.82, 2.24) is 10.2 Å². The first-order valence-electron chi connectivity index (χ1n) is 7.48. The average Bonchev–Trinajstić information content (AvgIpc) is 2.50. The molecule has 0 unspecified atom stereocenters. The predicted molar refractivity (Wildman–Crippen MR) is 79.7 cm³/mol. The quantitative estimate of drug-likeness (QED) is 0.777. The number of piperidine rings is 1. The van der Waals surface area contributed by atoms with E-state index in [4.69, 9.17) is 5.11 Å². The van der Waals surface area contributed by atoms with Gasteiger partial charge in [-0.3, -0.25) is 4.79 Å². The number of benzene rings is 1. The second-order valence-corrected chi connectivity index (χ2v) is 5.39. The molecule has 1 saturated heterocycles. The van der Waals surface area contributed by atoms with E-state index in [0.717, 1.165) is 50.9 Å². The van der Waals surface area contributed by atoms with Gasteiger partial charge in [-0.05, 0) is 44.4 Å². The summed E-state index contributed by atoms with van der Waals surface area (Å²) in [4.78, 5) is 14.5. The van der Waals surface area contributed by atoms with E-state index < -0.39 is 0 Å². The number of likely N-dealkylation sites (tertiary alicyclic amines) is 1. The van der Waals surface area contributed by atoms with Crippen molar-refractivity contribution < 1.29 is 9.90 Å². The molecule has 110 valence electrons. The van der Waals surface area contributed by atoms with Crippen molar-refractivity contribution in [2.45, 2.75) is 31.7 Å². The molecule has 1 amide bonds. The van der Waals surface area contributed by atoms with Gasteiger partial charge in [0.1, 0.15) is 0 Å². The molecule has 0 radical (unpaired) electrons. The maximum absolute atomic E-state index is 12.1. The summed E-state index contributed by atoms with van der Waals surface area (Å²) in [6, 6.07) is 9.68. The Morgan fingerprint density at radius 1 is 1.20 bits per heavy atom. The Balaban J connectivity index is 1.70. The lowest BCUT2D eigenvalue weighted by Gasteiger charge is -2.32. The van der Waals surface area contributed by atoms with Gasteiger partial charge < -0.3 is 15.3 Å². The largest absolute Gasteiger partial charge is 0.396 e. The van der Waals surface area contributed by atoms with Gasteiger partial charge in [0, 0.05) is 31.3 Å². The van der Waals surface area contributed by atoms with Crippen LogP contribution in [-0.4, -0.2) is 48.2 Å². The molecule has 1 aliphatic rings. The molecular formula is C16H24N2O2. The van der Waals surface area contributed by atoms with Gasteiger partial charge in [-0.2, -0.15) is 0 Å². The number of hydrogen-bond acceptors (Lipinski definition) is 3. The van der Waals surface area contributed by atoms with Gasteiger partial charge in [-0.25, -0.2) is 0 Å². The minimum atomic E-state index is 0.0318. The van der Waals surface area contributed by atoms with Crippen LogP contribution in [0.4, 0.5) is 0 Å². The summed E-state index contributed by atoms with van der Waals surface area (Å²) in [6.45, 7) is 3.40. The number of carbonyl (C=O) groups excluding carboxylic acids is 1. The number of nitrogens with one attached hydrogen (secondary N) is 1. The molecule has 0 aromatic heterocycles. The van der Waals surface area contributed by atoms with Crippen molar-refractivity contribution in [3.63, 3.8) is 0 Å². The molecule has 4 nitrogen and oxygen atoms in total. The minimum absolute atomic E-state index is 0.0318. The van der Waals surface area contributed by atoms with E-state index in [-0.39, 0.29) is 18.6 Å². The highest BCUT2D eigenvalue weighted by Gasteiger charge is 2.20. The van der Waals surface area contributed by atoms with Gasteiger partial charge in [0.2, 0.25) is 0 Å². The number of unbranched alkanes of at least 4 members (excludes halogenated alkanes) is 1. The van der Waals surface area contributed by atoms with Crippen LogP contribution in [0.3, 0.4) is 0 Å². The molecule has 2 N–H and O–H groups in total. The molecule has 1 aromatic rings. The minimum Gasteiger partial charge on any atom is -0.396 e. The molecule has 4 heteroatoms. The van der Waals surface area contributed by atoms with Crippen LogP contribution >= 0.6 is 0 Å². The zero-order chi connectivity index (χ0) is 14.2. The molecular weight excluding hydrogens is 252 g/mol. The number of nitrogens with zero attached hydrogens (tertiary/aromatic N) is 1. The Morgan fingerprint density at radius 3 is 2.55 bits per heavy atom. The third-order valence-electron chi connectivity index (χ3n) is 3.84. The van der Waals surface area contributed by atoms with Gasteiger partial charge in [0.15, 0.2) is 0 Å². The fourth-order valence-electron chi connectivity index (χ4n) is 2.61. The van der Waals surface area contributed by atoms with Crippen molar-refractivity contribution in [2.75, 3.05) is 26.2 Å². The Bertz CT molecular complexity index is 400. The van der Waals surface area contributed by atoms with Crippen molar-refractivity contribution in [2.24, 2.45) is 0 Å². The molecule has 1 aliphatic heterocycles. The summed E-state index contributed by atoms with van der Waals surface area (Å²) in [7, 11) is 0. The SMILES string of the molecule is O=C(NC1CCN(CCCCO)CC1)c1ccccc1. The topological polar surface area (TPSA) is 52.6 Å². The molecule has 2 rings (SSSR count). The Morgan fingerprint density at radius 2 is 1.90 bits per heavy atom. The predicted octanol–water partition coefficient (Wildman–Crippen LogP) is 1.65. The van der Waals surface area contributed by atoms with E-state index in [1.807, 2.05) is 30.3 Å². The van der Waals surface area contributed by atoms with E-state index in [1.54, 1.807) is 0 Å². The number of hydrogen-bond donors (Lipinski definition) is 2. The summed E-state index contributed by atoms with van der Waals surface area (Å²) in [5.74, 6) is 0.0318. The Hall–Kier alpha value is -1.39. The molecule has 0 bridgehead atoms. The maximum atomic E-state index is 12.1. The third kappa shape index (κ3) is 4.62. The second kappa shape index (κ2) is 8.02. The first-order valence-corrected chi connectivity index (χ1v) is 7.48. The van der Waals surface area contributed by atoms with E-state index in [0.29, 0.717) is 0 Å². The van der Waals surface area contributed by atoms with E-state index >= 15 is 0 Å². The number of rotatable bonds is 6. The fourth-order valence-corrected chi connectivity index (χ4v) is 2.61. The lowest BCUT2D eigenvalue weighted by Crippen LogP contribution is -2.44. The van der Waals surface area contributed by atoms with E-state index in [1.165, 1.54) is 0 Å². The van der Waals surface area contributed by atoms with Crippen molar-refractivity contribution in [1.29, 1.82) is 0 Å². The first-order chi connectivity index (χ1) is 9.79. The highest BCUT2D eigenvalue weighted by atomic mass is 16.2. The van der Waals surface area contributed by atoms with Crippen LogP contribution in [-0.2, 0) is 0 Å². The standard InChI is InChI=1S/C16H24N2O2/c19-13-5-4-10-18-11-8-15(9-12-18)17-16(20)14-6-2-1-3-7-14/h1-3,6-7,15,19H,4-5,8-13H2,(H,17,20). The third-order valence-corrected chi connectivity index (χ3v) is 3.84. The normalized spacial score (nSPS) is 17.1. The van der Waals surface area contributed by atoms with Crippen LogP contribution in [0.2, 0.25) is 0 Å². The summed E-state index contributed by atoms with van der Waals surface area (Å²) in [6.07, 6.45) is 3.96. The van der Waals surface area contributed by atoms with Crippen LogP contribution in [0.25, 0.3) is 0 Å². The fraction of sp³-hybridized carbons (Fsp3) is 0.562. The van der Waals surface area contributed by atoms with Gasteiger partial charge in [0.05, 0.1) is 0 Å². The lowest BCUT2D eigenvalue weighted by atomic mass is 10.0. The zero-order valence-electron chi connectivity index (χ0n) is 11.9. The zero-order valence-corrected chi connectivity index (χ0v) is 11.9. The van der Waals surface area contributed by atoms with Gasteiger partial charge >= 0.3 is 0 Å². The highest BCUT2D eigenvalue weighted by Crippen LogP contribution is 2.12. The molecule has 0 atom stereocenters. The smallest absolute Gasteiger partial charge is 0.251 e. The van der Waals surface area contributed by atoms with Gasteiger partial charge in [-0.1, -0.05) is 18.2 Å². The number of aliphatic hydroxyl groups is 1. The van der Waals surface area contributed by atoms with Crippen molar-refractivity contribution in [3.05, 3.63) is 35.9 Å². The monoisotopic (exact) mass is 276 g/mol. The van der Waals surface area contributed by atoms with Crippen LogP contribution in [0, 0.1) is 0 Å². The average molecular weight is 276 g/mol. The first kappa shape index (κ1) is 15.0. The molecule has 1 fully saturated rings. The van der Waals surface area contributed by atoms with Gasteiger partial charge in [-0.15, -0.1) is 0 Å². The summed E-state index contributed by atoms with van der Waals surface area (Å²) in [5.41, 5.74) is 0.734. The molecule has 1 aromatic carbocycles. The Labute approximate surface area is 120 Å². The summed E-state index contributed by atoms with van der Waals surface area (Å²) in [5, 5.41) is 11.9. The van der Waals surface area contributed by atoms with Crippen molar-refractivity contribution >= 4 is 5.91 Å². The maximum Gasteiger partial charge on any atom is 0.251 e. The second-order valence-electron chi connectivity index (χ2n) is 5.39. The van der Waals surface area contributed by atoms with Crippen LogP contribution in [0.1, 0.15) is 36.0 Å². The molecule has 0 aliphatic carbocycles. The molecule has 0 spiro atoms. The highest BCUT2D eigenvalue weighted by molar-refractivity contribution is 5.94.